The van der Waals surface area contributed by atoms with Gasteiger partial charge in [0.1, 0.15) is 11.7 Å². The summed E-state index contributed by atoms with van der Waals surface area (Å²) < 4.78 is 5.16. The summed E-state index contributed by atoms with van der Waals surface area (Å²) in [6.45, 7) is 0. The Labute approximate surface area is 107 Å². The van der Waals surface area contributed by atoms with Crippen molar-refractivity contribution in [3.63, 3.8) is 0 Å². The zero-order valence-electron chi connectivity index (χ0n) is 9.22. The Balaban J connectivity index is 1.90. The van der Waals surface area contributed by atoms with Crippen molar-refractivity contribution in [3.8, 4) is 11.5 Å². The van der Waals surface area contributed by atoms with Crippen LogP contribution >= 0.6 is 11.3 Å². The van der Waals surface area contributed by atoms with Crippen molar-refractivity contribution in [2.24, 2.45) is 5.73 Å². The lowest BCUT2D eigenvalue weighted by Gasteiger charge is -2.01. The third kappa shape index (κ3) is 2.01. The summed E-state index contributed by atoms with van der Waals surface area (Å²) >= 11 is 1.55. The van der Waals surface area contributed by atoms with Crippen molar-refractivity contribution < 1.29 is 4.52 Å². The minimum Gasteiger partial charge on any atom is -0.337 e. The smallest absolute Gasteiger partial charge is 0.249 e. The van der Waals surface area contributed by atoms with Crippen molar-refractivity contribution in [1.29, 1.82) is 0 Å². The van der Waals surface area contributed by atoms with Crippen molar-refractivity contribution in [1.82, 2.24) is 20.1 Å². The van der Waals surface area contributed by atoms with E-state index in [2.05, 4.69) is 20.1 Å². The highest BCUT2D eigenvalue weighted by atomic mass is 32.1. The Morgan fingerprint density at radius 1 is 1.33 bits per heavy atom. The molecule has 0 aliphatic heterocycles. The van der Waals surface area contributed by atoms with Crippen LogP contribution in [0.5, 0.6) is 0 Å². The lowest BCUT2D eigenvalue weighted by Crippen LogP contribution is -2.10. The maximum absolute atomic E-state index is 6.03. The molecule has 6 nitrogen and oxygen atoms in total. The normalized spacial score (nSPS) is 12.5. The van der Waals surface area contributed by atoms with Gasteiger partial charge in [0.15, 0.2) is 0 Å². The molecule has 0 bridgehead atoms. The van der Waals surface area contributed by atoms with Gasteiger partial charge in [0, 0.05) is 17.3 Å². The van der Waals surface area contributed by atoms with Crippen LogP contribution in [0.15, 0.2) is 40.6 Å². The van der Waals surface area contributed by atoms with Gasteiger partial charge in [-0.05, 0) is 11.4 Å². The maximum atomic E-state index is 6.03. The SMILES string of the molecule is NC(c1nc(-c2cnccn2)no1)c1cccs1. The molecule has 0 radical (unpaired) electrons. The van der Waals surface area contributed by atoms with Crippen LogP contribution in [0.25, 0.3) is 11.5 Å². The largest absolute Gasteiger partial charge is 0.337 e. The molecular weight excluding hydrogens is 250 g/mol. The molecule has 1 unspecified atom stereocenters. The highest BCUT2D eigenvalue weighted by Gasteiger charge is 2.18. The predicted octanol–water partition coefficient (Wildman–Crippen LogP) is 1.64. The van der Waals surface area contributed by atoms with E-state index in [1.807, 2.05) is 17.5 Å². The first-order valence-electron chi connectivity index (χ1n) is 5.23. The fourth-order valence-corrected chi connectivity index (χ4v) is 2.19. The molecule has 3 rings (SSSR count). The van der Waals surface area contributed by atoms with Crippen LogP contribution < -0.4 is 5.73 Å². The Hall–Kier alpha value is -2.12. The molecule has 0 aromatic carbocycles. The van der Waals surface area contributed by atoms with E-state index in [1.165, 1.54) is 0 Å². The van der Waals surface area contributed by atoms with Crippen LogP contribution in [0.3, 0.4) is 0 Å². The molecule has 0 amide bonds. The molecule has 18 heavy (non-hydrogen) atoms. The molecule has 0 fully saturated rings. The second-order valence-electron chi connectivity index (χ2n) is 3.54. The molecule has 3 aromatic rings. The summed E-state index contributed by atoms with van der Waals surface area (Å²) in [7, 11) is 0. The predicted molar refractivity (Wildman–Crippen MR) is 65.7 cm³/mol. The van der Waals surface area contributed by atoms with Crippen molar-refractivity contribution in [3.05, 3.63) is 46.9 Å². The summed E-state index contributed by atoms with van der Waals surface area (Å²) in [6, 6.07) is 3.46. The summed E-state index contributed by atoms with van der Waals surface area (Å²) in [4.78, 5) is 13.3. The zero-order chi connectivity index (χ0) is 12.4. The van der Waals surface area contributed by atoms with Gasteiger partial charge < -0.3 is 10.3 Å². The van der Waals surface area contributed by atoms with Gasteiger partial charge in [0.2, 0.25) is 11.7 Å². The van der Waals surface area contributed by atoms with Crippen LogP contribution in [-0.4, -0.2) is 20.1 Å². The van der Waals surface area contributed by atoms with Crippen molar-refractivity contribution >= 4 is 11.3 Å². The van der Waals surface area contributed by atoms with Crippen LogP contribution in [0.1, 0.15) is 16.8 Å². The molecule has 3 aromatic heterocycles. The van der Waals surface area contributed by atoms with E-state index in [1.54, 1.807) is 29.9 Å². The zero-order valence-corrected chi connectivity index (χ0v) is 10.0. The number of nitrogens with two attached hydrogens (primary N) is 1. The van der Waals surface area contributed by atoms with E-state index in [-0.39, 0.29) is 0 Å². The van der Waals surface area contributed by atoms with Gasteiger partial charge in [-0.2, -0.15) is 4.98 Å². The quantitative estimate of drug-likeness (QED) is 0.768. The van der Waals surface area contributed by atoms with E-state index in [0.29, 0.717) is 17.4 Å². The second kappa shape index (κ2) is 4.63. The molecular formula is C11H9N5OS. The van der Waals surface area contributed by atoms with Gasteiger partial charge in [0.25, 0.3) is 0 Å². The average molecular weight is 259 g/mol. The van der Waals surface area contributed by atoms with Crippen molar-refractivity contribution in [2.75, 3.05) is 0 Å². The lowest BCUT2D eigenvalue weighted by atomic mass is 10.2. The van der Waals surface area contributed by atoms with E-state index < -0.39 is 6.04 Å². The van der Waals surface area contributed by atoms with Gasteiger partial charge in [-0.25, -0.2) is 4.98 Å². The van der Waals surface area contributed by atoms with Crippen LogP contribution in [0.2, 0.25) is 0 Å². The first kappa shape index (κ1) is 11.0. The summed E-state index contributed by atoms with van der Waals surface area (Å²) in [5, 5.41) is 5.81. The molecule has 2 N–H and O–H groups in total. The molecule has 1 atom stereocenters. The topological polar surface area (TPSA) is 90.7 Å². The van der Waals surface area contributed by atoms with E-state index >= 15 is 0 Å². The molecule has 0 aliphatic carbocycles. The van der Waals surface area contributed by atoms with E-state index in [0.717, 1.165) is 4.88 Å². The molecule has 0 saturated carbocycles. The molecule has 90 valence electrons. The van der Waals surface area contributed by atoms with Crippen LogP contribution in [-0.2, 0) is 0 Å². The average Bonchev–Trinajstić information content (AvgIpc) is 3.10. The van der Waals surface area contributed by atoms with Gasteiger partial charge in [0.05, 0.1) is 6.20 Å². The number of thiophene rings is 1. The maximum Gasteiger partial charge on any atom is 0.249 e. The highest BCUT2D eigenvalue weighted by Crippen LogP contribution is 2.23. The molecule has 3 heterocycles. The highest BCUT2D eigenvalue weighted by molar-refractivity contribution is 7.10. The molecule has 0 saturated heterocycles. The fraction of sp³-hybridized carbons (Fsp3) is 0.0909. The van der Waals surface area contributed by atoms with Gasteiger partial charge in [-0.3, -0.25) is 4.98 Å². The lowest BCUT2D eigenvalue weighted by molar-refractivity contribution is 0.368. The third-order valence-electron chi connectivity index (χ3n) is 2.35. The fourth-order valence-electron chi connectivity index (χ4n) is 1.47. The Bertz CT molecular complexity index is 622. The summed E-state index contributed by atoms with van der Waals surface area (Å²) in [5.41, 5.74) is 6.59. The molecule has 0 aliphatic rings. The number of rotatable bonds is 3. The summed E-state index contributed by atoms with van der Waals surface area (Å²) in [6.07, 6.45) is 4.73. The van der Waals surface area contributed by atoms with Crippen LogP contribution in [0, 0.1) is 0 Å². The minimum absolute atomic E-state index is 0.373. The summed E-state index contributed by atoms with van der Waals surface area (Å²) in [5.74, 6) is 0.767. The molecule has 7 heteroatoms. The Kier molecular flexibility index (Phi) is 2.83. The van der Waals surface area contributed by atoms with E-state index in [4.69, 9.17) is 10.3 Å². The monoisotopic (exact) mass is 259 g/mol. The van der Waals surface area contributed by atoms with Crippen LogP contribution in [0.4, 0.5) is 0 Å². The van der Waals surface area contributed by atoms with E-state index in [9.17, 15) is 0 Å². The van der Waals surface area contributed by atoms with Gasteiger partial charge >= 0.3 is 0 Å². The van der Waals surface area contributed by atoms with Gasteiger partial charge in [-0.1, -0.05) is 11.2 Å². The standard InChI is InChI=1S/C11H9N5OS/c12-9(8-2-1-5-18-8)11-15-10(16-17-11)7-6-13-3-4-14-7/h1-6,9H,12H2. The Morgan fingerprint density at radius 2 is 2.28 bits per heavy atom. The van der Waals surface area contributed by atoms with Crippen molar-refractivity contribution in [2.45, 2.75) is 6.04 Å². The number of hydrogen-bond donors (Lipinski definition) is 1. The Morgan fingerprint density at radius 3 is 3.00 bits per heavy atom. The number of aromatic nitrogens is 4. The van der Waals surface area contributed by atoms with Gasteiger partial charge in [-0.15, -0.1) is 11.3 Å². The first-order valence-corrected chi connectivity index (χ1v) is 6.11. The first-order chi connectivity index (χ1) is 8.84. The third-order valence-corrected chi connectivity index (χ3v) is 3.31. The second-order valence-corrected chi connectivity index (χ2v) is 4.52. The number of hydrogen-bond acceptors (Lipinski definition) is 7. The minimum atomic E-state index is -0.400. The molecule has 0 spiro atoms. The number of nitrogens with zero attached hydrogens (tertiary/aromatic N) is 4.